The summed E-state index contributed by atoms with van der Waals surface area (Å²) in [4.78, 5) is 203. The van der Waals surface area contributed by atoms with Gasteiger partial charge in [0.1, 0.15) is 54.4 Å². The Morgan fingerprint density at radius 3 is 1.51 bits per heavy atom. The number of nitrogens with two attached hydrogens (primary N) is 1. The first-order valence-electron chi connectivity index (χ1n) is 37.5. The van der Waals surface area contributed by atoms with Crippen molar-refractivity contribution in [3.63, 3.8) is 0 Å². The molecule has 0 saturated carbocycles. The fourth-order valence-corrected chi connectivity index (χ4v) is 12.9. The first-order chi connectivity index (χ1) is 53.7. The molecule has 113 heavy (non-hydrogen) atoms. The molecule has 1 aliphatic heterocycles. The van der Waals surface area contributed by atoms with Gasteiger partial charge in [0.05, 0.1) is 12.2 Å². The molecule has 31 nitrogen and oxygen atoms in total. The Labute approximate surface area is 661 Å². The summed E-state index contributed by atoms with van der Waals surface area (Å²) in [5.74, 6) is -11.5. The van der Waals surface area contributed by atoms with Gasteiger partial charge in [-0.1, -0.05) is 118 Å². The number of nitrogens with one attached hydrogen (secondary N) is 12. The molecule has 0 spiro atoms. The fraction of sp³-hybridized carbons (Fsp3) is 0.420. The van der Waals surface area contributed by atoms with E-state index in [0.717, 1.165) is 22.7 Å². The van der Waals surface area contributed by atoms with Gasteiger partial charge in [0.25, 0.3) is 11.8 Å². The maximum absolute atomic E-state index is 15.4. The van der Waals surface area contributed by atoms with Gasteiger partial charge in [0.15, 0.2) is 6.17 Å². The predicted octanol–water partition coefficient (Wildman–Crippen LogP) is 2.89. The van der Waals surface area contributed by atoms with Crippen LogP contribution in [0, 0.1) is 5.92 Å². The van der Waals surface area contributed by atoms with Crippen LogP contribution in [0.1, 0.15) is 127 Å². The molecular weight excluding hydrogens is 1470 g/mol. The van der Waals surface area contributed by atoms with Crippen LogP contribution in [0.2, 0.25) is 5.02 Å². The topological polar surface area (TPSA) is 449 Å². The fourth-order valence-electron chi connectivity index (χ4n) is 12.8. The maximum atomic E-state index is 15.4. The van der Waals surface area contributed by atoms with Crippen molar-refractivity contribution in [2.24, 2.45) is 11.7 Å². The van der Waals surface area contributed by atoms with Crippen LogP contribution in [0.4, 0.5) is 11.4 Å². The molecular formula is C81H103ClN16O15. The van der Waals surface area contributed by atoms with Gasteiger partial charge in [-0.2, -0.15) is 0 Å². The summed E-state index contributed by atoms with van der Waals surface area (Å²) in [7, 11) is 1.16. The SMILES string of the molecule is CC(=O)Nc1ccc(C[C@H](NC(=O)[C@H](CO)NC(=O)[C@@H](NC(=O)[C@@H](Cc2ccc(Cl)cc2)NC(=O)[C@@H](Cc2ccc3ccccc3c2)NC(C)=O)N(C)C(=O)c2cccnc2)C(=O)N[C@H](Cc2ccc(NC(C)=O)cc2)C(=O)N[C@@H](CC(C)C)C(=O)N[C@@H](CCCCNC(C)C)C(=O)N2CCC[C@@H]2C(=O)N[C@H](C)C(N)=O)cc1. The monoisotopic (exact) mass is 1570 g/mol. The van der Waals surface area contributed by atoms with Crippen LogP contribution in [0.15, 0.2) is 140 Å². The number of hydrogen-bond acceptors (Lipinski definition) is 17. The van der Waals surface area contributed by atoms with Gasteiger partial charge < -0.3 is 84.4 Å². The number of anilines is 2. The first-order valence-corrected chi connectivity index (χ1v) is 37.9. The zero-order valence-corrected chi connectivity index (χ0v) is 65.6. The number of carbonyl (C=O) groups is 14. The van der Waals surface area contributed by atoms with Crippen molar-refractivity contribution in [1.82, 2.24) is 68.0 Å². The van der Waals surface area contributed by atoms with E-state index in [9.17, 15) is 53.1 Å². The molecule has 10 atom stereocenters. The Kier molecular flexibility index (Phi) is 33.8. The molecule has 5 aromatic carbocycles. The van der Waals surface area contributed by atoms with Crippen LogP contribution in [0.3, 0.4) is 0 Å². The zero-order chi connectivity index (χ0) is 82.6. The van der Waals surface area contributed by atoms with Crippen LogP contribution in [-0.4, -0.2) is 196 Å². The molecule has 2 heterocycles. The summed E-state index contributed by atoms with van der Waals surface area (Å²) in [5, 5.41) is 45.9. The molecule has 1 aromatic heterocycles. The van der Waals surface area contributed by atoms with E-state index in [0.29, 0.717) is 64.5 Å². The van der Waals surface area contributed by atoms with Gasteiger partial charge >= 0.3 is 0 Å². The molecule has 1 fully saturated rings. The lowest BCUT2D eigenvalue weighted by molar-refractivity contribution is -0.142. The number of primary amides is 1. The third-order valence-electron chi connectivity index (χ3n) is 18.6. The van der Waals surface area contributed by atoms with Crippen molar-refractivity contribution in [3.05, 3.63) is 173 Å². The molecule has 1 aliphatic rings. The number of nitrogens with zero attached hydrogens (tertiary/aromatic N) is 3. The number of halogens is 1. The number of rotatable bonds is 40. The van der Waals surface area contributed by atoms with Crippen LogP contribution >= 0.6 is 11.6 Å². The van der Waals surface area contributed by atoms with Gasteiger partial charge in [-0.15, -0.1) is 0 Å². The Morgan fingerprint density at radius 2 is 1.01 bits per heavy atom. The second kappa shape index (κ2) is 43.2. The van der Waals surface area contributed by atoms with Gasteiger partial charge in [-0.25, -0.2) is 0 Å². The van der Waals surface area contributed by atoms with E-state index in [2.05, 4.69) is 68.8 Å². The van der Waals surface area contributed by atoms with Crippen LogP contribution in [0.5, 0.6) is 0 Å². The summed E-state index contributed by atoms with van der Waals surface area (Å²) in [6.45, 7) is 12.4. The Morgan fingerprint density at radius 1 is 0.531 bits per heavy atom. The molecule has 0 unspecified atom stereocenters. The number of pyridine rings is 1. The number of carbonyl (C=O) groups excluding carboxylic acids is 14. The number of aliphatic hydroxyl groups excluding tert-OH is 1. The van der Waals surface area contributed by atoms with Crippen LogP contribution in [-0.2, 0) is 88.0 Å². The highest BCUT2D eigenvalue weighted by Gasteiger charge is 2.41. The second-order valence-corrected chi connectivity index (χ2v) is 29.2. The Balaban J connectivity index is 1.21. The highest BCUT2D eigenvalue weighted by Crippen LogP contribution is 2.23. The molecule has 15 N–H and O–H groups in total. The van der Waals surface area contributed by atoms with Crippen molar-refractivity contribution >= 4 is 116 Å². The number of hydrogen-bond donors (Lipinski definition) is 14. The average molecular weight is 1580 g/mol. The van der Waals surface area contributed by atoms with E-state index in [-0.39, 0.29) is 74.9 Å². The first kappa shape index (κ1) is 88.5. The maximum Gasteiger partial charge on any atom is 0.264 e. The van der Waals surface area contributed by atoms with Crippen LogP contribution < -0.4 is 69.5 Å². The van der Waals surface area contributed by atoms with E-state index in [1.165, 1.54) is 69.3 Å². The zero-order valence-electron chi connectivity index (χ0n) is 64.9. The molecule has 1 saturated heterocycles. The average Bonchev–Trinajstić information content (AvgIpc) is 1.71. The summed E-state index contributed by atoms with van der Waals surface area (Å²) in [6.07, 6.45) is 1.43. The minimum atomic E-state index is -2.07. The number of unbranched alkanes of at least 4 members (excludes halogenated alkanes) is 1. The normalized spacial score (nSPS) is 14.9. The van der Waals surface area contributed by atoms with Gasteiger partial charge in [-0.3, -0.25) is 72.1 Å². The van der Waals surface area contributed by atoms with Crippen molar-refractivity contribution in [3.8, 4) is 0 Å². The highest BCUT2D eigenvalue weighted by molar-refractivity contribution is 6.30. The van der Waals surface area contributed by atoms with E-state index in [1.807, 2.05) is 50.2 Å². The van der Waals surface area contributed by atoms with Crippen molar-refractivity contribution < 1.29 is 72.2 Å². The molecule has 6 aromatic rings. The lowest BCUT2D eigenvalue weighted by atomic mass is 9.99. The number of fused-ring (bicyclic) bond motifs is 1. The minimum Gasteiger partial charge on any atom is -0.394 e. The number of likely N-dealkylation sites (N-methyl/N-ethyl adjacent to an activating group) is 1. The number of amides is 14. The second-order valence-electron chi connectivity index (χ2n) is 28.8. The van der Waals surface area contributed by atoms with Crippen molar-refractivity contribution in [2.45, 2.75) is 186 Å². The molecule has 32 heteroatoms. The quantitative estimate of drug-likeness (QED) is 0.0194. The third kappa shape index (κ3) is 27.9. The number of aliphatic hydroxyl groups is 1. The van der Waals surface area contributed by atoms with E-state index in [4.69, 9.17) is 17.3 Å². The summed E-state index contributed by atoms with van der Waals surface area (Å²) >= 11 is 6.26. The van der Waals surface area contributed by atoms with Gasteiger partial charge in [0, 0.05) is 94.9 Å². The predicted molar refractivity (Wildman–Crippen MR) is 424 cm³/mol. The summed E-state index contributed by atoms with van der Waals surface area (Å²) < 4.78 is 0. The summed E-state index contributed by atoms with van der Waals surface area (Å²) in [6, 6.07) is 22.0. The molecule has 14 amide bonds. The highest BCUT2D eigenvalue weighted by atomic mass is 35.5. The van der Waals surface area contributed by atoms with Crippen LogP contribution in [0.25, 0.3) is 10.8 Å². The van der Waals surface area contributed by atoms with E-state index >= 15 is 19.2 Å². The molecule has 604 valence electrons. The largest absolute Gasteiger partial charge is 0.394 e. The summed E-state index contributed by atoms with van der Waals surface area (Å²) in [5.41, 5.74) is 8.07. The molecule has 0 radical (unpaired) electrons. The molecule has 7 rings (SSSR count). The standard InChI is InChI=1S/C81H103ClN16O15/c1-46(2)38-63(72(104)90-62(19-12-13-36-85-47(3)4)81(113)98-37-15-20-69(98)78(110)86-48(5)70(83)103)91-74(106)65(41-53-24-31-60(32-25-53)87-49(6)100)92-75(107)66(42-54-26-33-61(34-27-54)88-50(7)101)94-77(109)68(45-99)95-79(111)71(97(9)80(112)58-18-14-35-84-44-58)96-76(108)67(40-52-22-29-59(82)30-23-52)93-73(105)64(89-51(8)102)43-55-21-28-56-16-10-11-17-57(56)39-55/h10-11,14,16-18,21-35,39,44,46-48,62-69,71,85,99H,12-13,15,19-20,36-38,40-43,45H2,1-9H3,(H2,83,103)(H,86,110)(H,87,100)(H,88,101)(H,89,102)(H,90,104)(H,91,106)(H,92,107)(H,93,105)(H,94,109)(H,95,111)(H,96,108)/t48-,62+,63+,64-,65-,66+,67-,68+,69-,71+/m1/s1. The Bertz CT molecular complexity index is 4340. The lowest BCUT2D eigenvalue weighted by Gasteiger charge is -2.31. The van der Waals surface area contributed by atoms with Crippen molar-refractivity contribution in [1.29, 1.82) is 0 Å². The Hall–Kier alpha value is -11.7. The third-order valence-corrected chi connectivity index (χ3v) is 18.9. The van der Waals surface area contributed by atoms with E-state index < -0.39 is 144 Å². The smallest absolute Gasteiger partial charge is 0.264 e. The van der Waals surface area contributed by atoms with Crippen molar-refractivity contribution in [2.75, 3.05) is 37.4 Å². The molecule has 0 aliphatic carbocycles. The molecule has 0 bridgehead atoms. The number of likely N-dealkylation sites (tertiary alicyclic amines) is 1. The van der Waals surface area contributed by atoms with Gasteiger partial charge in [0.2, 0.25) is 70.9 Å². The minimum absolute atomic E-state index is 0.00374. The number of benzene rings is 5. The van der Waals surface area contributed by atoms with E-state index in [1.54, 1.807) is 80.6 Å². The lowest BCUT2D eigenvalue weighted by Crippen LogP contribution is -2.64. The number of aromatic nitrogens is 1. The van der Waals surface area contributed by atoms with Gasteiger partial charge in [-0.05, 0) is 139 Å².